The maximum atomic E-state index is 11.3. The molecule has 8 bridgehead atoms. The molecule has 0 amide bonds. The number of ether oxygens (including phenoxy) is 2. The molecule has 11 heteroatoms. The zero-order chi connectivity index (χ0) is 23.4. The minimum atomic E-state index is -1.04. The summed E-state index contributed by atoms with van der Waals surface area (Å²) in [4.78, 5) is 13.2. The number of fused-ring (bicyclic) bond motifs is 4. The van der Waals surface area contributed by atoms with Crippen LogP contribution in [0.5, 0.6) is 0 Å². The van der Waals surface area contributed by atoms with E-state index in [9.17, 15) is 10.2 Å². The van der Waals surface area contributed by atoms with E-state index in [1.165, 1.54) is 11.9 Å². The number of hydrogen-bond donors (Lipinski definition) is 5. The van der Waals surface area contributed by atoms with Crippen LogP contribution in [0, 0.1) is 5.92 Å². The van der Waals surface area contributed by atoms with E-state index in [1.54, 1.807) is 10.9 Å². The van der Waals surface area contributed by atoms with Gasteiger partial charge in [-0.1, -0.05) is 0 Å². The van der Waals surface area contributed by atoms with Gasteiger partial charge in [-0.15, -0.1) is 0 Å². The highest BCUT2D eigenvalue weighted by Gasteiger charge is 2.49. The highest BCUT2D eigenvalue weighted by Crippen LogP contribution is 2.41. The SMILES string of the molecule is C/C1=C/Nc2ncnc3c2ncn3C2OC(CO)C(OC3(C)C=C4NCC(CCN1)C4=C3)C2O. The first-order valence-electron chi connectivity index (χ1n) is 11.6. The van der Waals surface area contributed by atoms with E-state index in [0.29, 0.717) is 22.9 Å². The smallest absolute Gasteiger partial charge is 0.167 e. The lowest BCUT2D eigenvalue weighted by molar-refractivity contribution is -0.0961. The lowest BCUT2D eigenvalue weighted by Gasteiger charge is -2.29. The number of aliphatic hydroxyl groups is 2. The Morgan fingerprint density at radius 3 is 2.97 bits per heavy atom. The number of aromatic nitrogens is 4. The van der Waals surface area contributed by atoms with Crippen molar-refractivity contribution in [1.29, 1.82) is 0 Å². The van der Waals surface area contributed by atoms with Crippen LogP contribution in [0.2, 0.25) is 0 Å². The monoisotopic (exact) mass is 467 g/mol. The third kappa shape index (κ3) is 3.47. The molecule has 2 fully saturated rings. The van der Waals surface area contributed by atoms with Crippen LogP contribution in [-0.4, -0.2) is 73.3 Å². The molecule has 6 unspecified atom stereocenters. The lowest BCUT2D eigenvalue weighted by Crippen LogP contribution is -2.42. The van der Waals surface area contributed by atoms with Crippen molar-refractivity contribution in [2.75, 3.05) is 25.0 Å². The fourth-order valence-electron chi connectivity index (χ4n) is 5.31. The summed E-state index contributed by atoms with van der Waals surface area (Å²) in [5.74, 6) is 0.909. The van der Waals surface area contributed by atoms with E-state index in [-0.39, 0.29) is 6.61 Å². The Morgan fingerprint density at radius 2 is 2.12 bits per heavy atom. The van der Waals surface area contributed by atoms with Gasteiger partial charge < -0.3 is 35.6 Å². The molecule has 3 aliphatic heterocycles. The molecule has 0 radical (unpaired) electrons. The van der Waals surface area contributed by atoms with E-state index in [4.69, 9.17) is 9.47 Å². The summed E-state index contributed by atoms with van der Waals surface area (Å²) >= 11 is 0. The molecule has 34 heavy (non-hydrogen) atoms. The summed E-state index contributed by atoms with van der Waals surface area (Å²) in [6.07, 6.45) is 6.71. The third-order valence-corrected chi connectivity index (χ3v) is 7.00. The van der Waals surface area contributed by atoms with Crippen molar-refractivity contribution >= 4 is 17.0 Å². The van der Waals surface area contributed by atoms with Crippen LogP contribution in [0.25, 0.3) is 11.2 Å². The van der Waals surface area contributed by atoms with Gasteiger partial charge in [-0.3, -0.25) is 4.57 Å². The number of nitrogens with zero attached hydrogens (tertiary/aromatic N) is 4. The lowest BCUT2D eigenvalue weighted by atomic mass is 9.97. The Labute approximate surface area is 196 Å². The normalized spacial score (nSPS) is 36.6. The largest absolute Gasteiger partial charge is 0.394 e. The number of rotatable bonds is 1. The van der Waals surface area contributed by atoms with Crippen LogP contribution in [-0.2, 0) is 9.47 Å². The molecule has 2 saturated heterocycles. The van der Waals surface area contributed by atoms with Gasteiger partial charge >= 0.3 is 0 Å². The highest BCUT2D eigenvalue weighted by molar-refractivity contribution is 5.83. The van der Waals surface area contributed by atoms with Crippen molar-refractivity contribution in [2.24, 2.45) is 5.92 Å². The van der Waals surface area contributed by atoms with Crippen molar-refractivity contribution in [3.05, 3.63) is 48.0 Å². The van der Waals surface area contributed by atoms with Crippen LogP contribution < -0.4 is 16.0 Å². The molecule has 6 rings (SSSR count). The van der Waals surface area contributed by atoms with Crippen molar-refractivity contribution in [3.8, 4) is 0 Å². The van der Waals surface area contributed by atoms with E-state index in [2.05, 4.69) is 43.1 Å². The third-order valence-electron chi connectivity index (χ3n) is 7.00. The topological polar surface area (TPSA) is 139 Å². The molecule has 5 N–H and O–H groups in total. The first kappa shape index (κ1) is 21.5. The van der Waals surface area contributed by atoms with E-state index >= 15 is 0 Å². The Balaban J connectivity index is 1.41. The summed E-state index contributed by atoms with van der Waals surface area (Å²) in [6.45, 7) is 5.38. The van der Waals surface area contributed by atoms with E-state index in [0.717, 1.165) is 30.9 Å². The van der Waals surface area contributed by atoms with Gasteiger partial charge in [0, 0.05) is 36.6 Å². The summed E-state index contributed by atoms with van der Waals surface area (Å²) in [5, 5.41) is 31.4. The maximum Gasteiger partial charge on any atom is 0.167 e. The Bertz CT molecular complexity index is 1210. The maximum absolute atomic E-state index is 11.3. The van der Waals surface area contributed by atoms with Crippen LogP contribution in [0.4, 0.5) is 5.82 Å². The first-order chi connectivity index (χ1) is 16.5. The molecule has 6 atom stereocenters. The van der Waals surface area contributed by atoms with Crippen molar-refractivity contribution in [1.82, 2.24) is 30.2 Å². The predicted molar refractivity (Wildman–Crippen MR) is 123 cm³/mol. The molecule has 2 aromatic rings. The fraction of sp³-hybridized carbons (Fsp3) is 0.522. The predicted octanol–water partition coefficient (Wildman–Crippen LogP) is 0.531. The van der Waals surface area contributed by atoms with Gasteiger partial charge in [-0.05, 0) is 38.0 Å². The molecular formula is C23H29N7O4. The van der Waals surface area contributed by atoms with Gasteiger partial charge in [0.2, 0.25) is 0 Å². The second kappa shape index (κ2) is 8.05. The van der Waals surface area contributed by atoms with Crippen molar-refractivity contribution < 1.29 is 19.7 Å². The Hall–Kier alpha value is -2.99. The van der Waals surface area contributed by atoms with Gasteiger partial charge in [0.15, 0.2) is 23.2 Å². The van der Waals surface area contributed by atoms with Crippen molar-refractivity contribution in [2.45, 2.75) is 50.4 Å². The fourth-order valence-corrected chi connectivity index (χ4v) is 5.31. The van der Waals surface area contributed by atoms with Gasteiger partial charge in [-0.2, -0.15) is 0 Å². The molecule has 2 aromatic heterocycles. The average Bonchev–Trinajstić information content (AvgIpc) is 3.55. The molecule has 11 nitrogen and oxygen atoms in total. The number of aliphatic hydroxyl groups excluding tert-OH is 2. The second-order valence-electron chi connectivity index (χ2n) is 9.47. The number of imidazole rings is 1. The average molecular weight is 468 g/mol. The van der Waals surface area contributed by atoms with E-state index < -0.39 is 30.1 Å². The minimum Gasteiger partial charge on any atom is -0.394 e. The molecular weight excluding hydrogens is 438 g/mol. The quantitative estimate of drug-likeness (QED) is 0.404. The summed E-state index contributed by atoms with van der Waals surface area (Å²) in [7, 11) is 0. The number of hydrogen-bond acceptors (Lipinski definition) is 10. The molecule has 1 aliphatic carbocycles. The number of nitrogens with one attached hydrogen (secondary N) is 3. The van der Waals surface area contributed by atoms with Crippen LogP contribution in [0.15, 0.2) is 48.0 Å². The zero-order valence-corrected chi connectivity index (χ0v) is 19.1. The Kier molecular flexibility index (Phi) is 5.10. The van der Waals surface area contributed by atoms with Crippen LogP contribution in [0.1, 0.15) is 26.5 Å². The highest BCUT2D eigenvalue weighted by atomic mass is 16.6. The molecule has 5 heterocycles. The molecule has 4 aliphatic rings. The summed E-state index contributed by atoms with van der Waals surface area (Å²) < 4.78 is 14.2. The number of anilines is 1. The van der Waals surface area contributed by atoms with Gasteiger partial charge in [0.25, 0.3) is 0 Å². The Morgan fingerprint density at radius 1 is 1.24 bits per heavy atom. The second-order valence-corrected chi connectivity index (χ2v) is 9.47. The summed E-state index contributed by atoms with van der Waals surface area (Å²) in [5.41, 5.74) is 3.63. The molecule has 180 valence electrons. The first-order valence-corrected chi connectivity index (χ1v) is 11.6. The van der Waals surface area contributed by atoms with E-state index in [1.807, 2.05) is 20.0 Å². The number of allylic oxidation sites excluding steroid dienone is 2. The molecule has 0 aromatic carbocycles. The molecule has 0 spiro atoms. The van der Waals surface area contributed by atoms with Crippen LogP contribution >= 0.6 is 0 Å². The standard InChI is InChI=1S/C23H29N7O4/c1-12-7-26-20-17-21(28-10-27-20)30(11-29-17)22-18(32)19(16(9-31)33-22)34-23(2)5-14-13(3-4-24-12)8-25-15(14)6-23/h5-7,10-11,13,16,18-19,22,24-25,31-32H,3-4,8-9H2,1-2H3,(H,26,27,28)/b12-7-. The minimum absolute atomic E-state index is 0.285. The van der Waals surface area contributed by atoms with Crippen molar-refractivity contribution in [3.63, 3.8) is 0 Å². The molecule has 0 saturated carbocycles. The van der Waals surface area contributed by atoms with Crippen LogP contribution in [0.3, 0.4) is 0 Å². The summed E-state index contributed by atoms with van der Waals surface area (Å²) in [6, 6.07) is 0. The van der Waals surface area contributed by atoms with Gasteiger partial charge in [0.1, 0.15) is 30.2 Å². The van der Waals surface area contributed by atoms with Gasteiger partial charge in [-0.25, -0.2) is 15.0 Å². The van der Waals surface area contributed by atoms with Gasteiger partial charge in [0.05, 0.1) is 12.9 Å². The zero-order valence-electron chi connectivity index (χ0n) is 19.1.